The zero-order chi connectivity index (χ0) is 14.7. The zero-order valence-electron chi connectivity index (χ0n) is 12.6. The van der Waals surface area contributed by atoms with Crippen LogP contribution in [0.15, 0.2) is 16.7 Å². The minimum Gasteiger partial charge on any atom is -0.374 e. The number of rotatable bonds is 4. The molecule has 0 bridgehead atoms. The molecule has 1 saturated heterocycles. The van der Waals surface area contributed by atoms with Crippen molar-refractivity contribution < 1.29 is 4.74 Å². The van der Waals surface area contributed by atoms with E-state index in [1.807, 2.05) is 6.20 Å². The monoisotopic (exact) mass is 353 g/mol. The molecule has 4 nitrogen and oxygen atoms in total. The van der Waals surface area contributed by atoms with Gasteiger partial charge in [0.05, 0.1) is 18.8 Å². The van der Waals surface area contributed by atoms with E-state index in [-0.39, 0.29) is 0 Å². The number of aromatic nitrogens is 1. The Morgan fingerprint density at radius 3 is 3.14 bits per heavy atom. The van der Waals surface area contributed by atoms with Crippen LogP contribution in [0, 0.1) is 0 Å². The lowest BCUT2D eigenvalue weighted by molar-refractivity contribution is -0.00905. The Kier molecular flexibility index (Phi) is 5.14. The Morgan fingerprint density at radius 2 is 2.29 bits per heavy atom. The lowest BCUT2D eigenvalue weighted by Gasteiger charge is -2.45. The number of anilines is 1. The minimum absolute atomic E-state index is 0.393. The van der Waals surface area contributed by atoms with Crippen LogP contribution in [-0.4, -0.2) is 36.8 Å². The first-order valence-electron chi connectivity index (χ1n) is 8.03. The topological polar surface area (TPSA) is 37.4 Å². The van der Waals surface area contributed by atoms with Gasteiger partial charge < -0.3 is 15.0 Å². The van der Waals surface area contributed by atoms with Gasteiger partial charge in [-0.3, -0.25) is 0 Å². The van der Waals surface area contributed by atoms with Crippen LogP contribution >= 0.6 is 15.9 Å². The van der Waals surface area contributed by atoms with Crippen molar-refractivity contribution >= 4 is 21.7 Å². The second kappa shape index (κ2) is 7.07. The summed E-state index contributed by atoms with van der Waals surface area (Å²) in [5.74, 6) is 1.14. The van der Waals surface area contributed by atoms with Crippen molar-refractivity contribution in [2.45, 2.75) is 51.3 Å². The molecule has 0 amide bonds. The van der Waals surface area contributed by atoms with Crippen LogP contribution in [0.5, 0.6) is 0 Å². The number of morpholine rings is 1. The number of fused-ring (bicyclic) bond motifs is 1. The Morgan fingerprint density at radius 1 is 1.43 bits per heavy atom. The predicted octanol–water partition coefficient (Wildman–Crippen LogP) is 3.10. The van der Waals surface area contributed by atoms with E-state index >= 15 is 0 Å². The highest BCUT2D eigenvalue weighted by Crippen LogP contribution is 2.33. The molecule has 1 aromatic heterocycles. The van der Waals surface area contributed by atoms with Crippen molar-refractivity contribution in [2.75, 3.05) is 24.6 Å². The first kappa shape index (κ1) is 15.3. The van der Waals surface area contributed by atoms with Crippen LogP contribution in [0.2, 0.25) is 0 Å². The normalized spacial score (nSPS) is 25.7. The van der Waals surface area contributed by atoms with Gasteiger partial charge in [0.1, 0.15) is 5.82 Å². The summed E-state index contributed by atoms with van der Waals surface area (Å²) in [5, 5.41) is 3.42. The largest absolute Gasteiger partial charge is 0.374 e. The van der Waals surface area contributed by atoms with E-state index < -0.39 is 0 Å². The molecule has 2 atom stereocenters. The standard InChI is InChI=1S/C16H24BrN3O/c1-2-18-10-12-9-13(17)11-19-16(12)20-7-8-21-15-6-4-3-5-14(15)20/h9,11,14-15,18H,2-8,10H2,1H3. The average molecular weight is 354 g/mol. The lowest BCUT2D eigenvalue weighted by atomic mass is 9.90. The number of hydrogen-bond acceptors (Lipinski definition) is 4. The lowest BCUT2D eigenvalue weighted by Crippen LogP contribution is -2.53. The molecule has 3 rings (SSSR count). The molecule has 1 aromatic rings. The molecule has 1 aliphatic carbocycles. The number of ether oxygens (including phenoxy) is 1. The van der Waals surface area contributed by atoms with E-state index in [0.717, 1.165) is 36.5 Å². The number of nitrogens with zero attached hydrogens (tertiary/aromatic N) is 2. The van der Waals surface area contributed by atoms with Gasteiger partial charge in [0.15, 0.2) is 0 Å². The smallest absolute Gasteiger partial charge is 0.133 e. The molecule has 2 unspecified atom stereocenters. The van der Waals surface area contributed by atoms with Crippen LogP contribution in [0.1, 0.15) is 38.2 Å². The maximum atomic E-state index is 5.98. The van der Waals surface area contributed by atoms with Crippen molar-refractivity contribution in [3.8, 4) is 0 Å². The summed E-state index contributed by atoms with van der Waals surface area (Å²) in [6, 6.07) is 2.69. The van der Waals surface area contributed by atoms with Crippen LogP contribution < -0.4 is 10.2 Å². The van der Waals surface area contributed by atoms with Crippen LogP contribution in [-0.2, 0) is 11.3 Å². The van der Waals surface area contributed by atoms with Crippen molar-refractivity contribution in [3.63, 3.8) is 0 Å². The van der Waals surface area contributed by atoms with E-state index in [1.54, 1.807) is 0 Å². The molecule has 5 heteroatoms. The molecule has 0 aromatic carbocycles. The van der Waals surface area contributed by atoms with Gasteiger partial charge >= 0.3 is 0 Å². The van der Waals surface area contributed by atoms with Crippen LogP contribution in [0.25, 0.3) is 0 Å². The second-order valence-electron chi connectivity index (χ2n) is 5.87. The molecule has 2 aliphatic rings. The van der Waals surface area contributed by atoms with Gasteiger partial charge in [-0.05, 0) is 41.4 Å². The van der Waals surface area contributed by atoms with E-state index in [0.29, 0.717) is 12.1 Å². The van der Waals surface area contributed by atoms with Gasteiger partial charge in [-0.1, -0.05) is 19.8 Å². The molecule has 0 spiro atoms. The fourth-order valence-electron chi connectivity index (χ4n) is 3.48. The number of pyridine rings is 1. The Hall–Kier alpha value is -0.650. The maximum Gasteiger partial charge on any atom is 0.133 e. The number of halogens is 1. The average Bonchev–Trinajstić information content (AvgIpc) is 2.52. The van der Waals surface area contributed by atoms with Gasteiger partial charge in [-0.2, -0.15) is 0 Å². The first-order valence-corrected chi connectivity index (χ1v) is 8.82. The molecule has 1 aliphatic heterocycles. The molecular formula is C16H24BrN3O. The summed E-state index contributed by atoms with van der Waals surface area (Å²) in [7, 11) is 0. The quantitative estimate of drug-likeness (QED) is 0.902. The minimum atomic E-state index is 0.393. The van der Waals surface area contributed by atoms with Crippen molar-refractivity contribution in [1.82, 2.24) is 10.3 Å². The van der Waals surface area contributed by atoms with Crippen molar-refractivity contribution in [3.05, 3.63) is 22.3 Å². The Balaban J connectivity index is 1.87. The van der Waals surface area contributed by atoms with E-state index in [1.165, 1.54) is 31.2 Å². The number of hydrogen-bond donors (Lipinski definition) is 1. The Labute approximate surface area is 135 Å². The van der Waals surface area contributed by atoms with Gasteiger partial charge in [0, 0.05) is 29.3 Å². The molecule has 2 heterocycles. The van der Waals surface area contributed by atoms with E-state index in [9.17, 15) is 0 Å². The number of nitrogens with one attached hydrogen (secondary N) is 1. The molecule has 2 fully saturated rings. The molecule has 116 valence electrons. The molecule has 1 N–H and O–H groups in total. The summed E-state index contributed by atoms with van der Waals surface area (Å²) in [5.41, 5.74) is 1.28. The molecule has 0 radical (unpaired) electrons. The van der Waals surface area contributed by atoms with Gasteiger partial charge in [0.2, 0.25) is 0 Å². The van der Waals surface area contributed by atoms with Gasteiger partial charge in [-0.25, -0.2) is 4.98 Å². The van der Waals surface area contributed by atoms with E-state index in [2.05, 4.69) is 39.1 Å². The highest BCUT2D eigenvalue weighted by molar-refractivity contribution is 9.10. The third-order valence-electron chi connectivity index (χ3n) is 4.48. The predicted molar refractivity (Wildman–Crippen MR) is 88.7 cm³/mol. The molecule has 21 heavy (non-hydrogen) atoms. The van der Waals surface area contributed by atoms with Crippen molar-refractivity contribution in [1.29, 1.82) is 0 Å². The summed E-state index contributed by atoms with van der Waals surface area (Å²) < 4.78 is 7.03. The third kappa shape index (κ3) is 3.41. The highest BCUT2D eigenvalue weighted by Gasteiger charge is 2.35. The summed E-state index contributed by atoms with van der Waals surface area (Å²) in [6.45, 7) is 5.75. The second-order valence-corrected chi connectivity index (χ2v) is 6.79. The first-order chi connectivity index (χ1) is 10.3. The SMILES string of the molecule is CCNCc1cc(Br)cnc1N1CCOC2CCCCC21. The van der Waals surface area contributed by atoms with E-state index in [4.69, 9.17) is 9.72 Å². The summed E-state index contributed by atoms with van der Waals surface area (Å²) in [4.78, 5) is 7.22. The van der Waals surface area contributed by atoms with Crippen LogP contribution in [0.3, 0.4) is 0 Å². The fraction of sp³-hybridized carbons (Fsp3) is 0.688. The summed E-state index contributed by atoms with van der Waals surface area (Å²) in [6.07, 6.45) is 7.33. The molecular weight excluding hydrogens is 330 g/mol. The highest BCUT2D eigenvalue weighted by atomic mass is 79.9. The third-order valence-corrected chi connectivity index (χ3v) is 4.91. The van der Waals surface area contributed by atoms with Gasteiger partial charge in [0.25, 0.3) is 0 Å². The fourth-order valence-corrected chi connectivity index (χ4v) is 3.86. The Bertz CT molecular complexity index is 481. The van der Waals surface area contributed by atoms with Gasteiger partial charge in [-0.15, -0.1) is 0 Å². The maximum absolute atomic E-state index is 5.98. The van der Waals surface area contributed by atoms with Crippen molar-refractivity contribution in [2.24, 2.45) is 0 Å². The summed E-state index contributed by atoms with van der Waals surface area (Å²) >= 11 is 3.55. The molecule has 1 saturated carbocycles. The zero-order valence-corrected chi connectivity index (χ0v) is 14.2. The van der Waals surface area contributed by atoms with Crippen LogP contribution in [0.4, 0.5) is 5.82 Å².